The summed E-state index contributed by atoms with van der Waals surface area (Å²) in [6.07, 6.45) is 9.35. The van der Waals surface area contributed by atoms with Crippen LogP contribution in [0.4, 0.5) is 5.82 Å². The molecule has 7 nitrogen and oxygen atoms in total. The van der Waals surface area contributed by atoms with Gasteiger partial charge in [0.25, 0.3) is 0 Å². The molecule has 1 aromatic carbocycles. The zero-order valence-corrected chi connectivity index (χ0v) is 16.0. The highest BCUT2D eigenvalue weighted by Crippen LogP contribution is 2.28. The van der Waals surface area contributed by atoms with Crippen LogP contribution in [0.5, 0.6) is 0 Å². The van der Waals surface area contributed by atoms with Gasteiger partial charge >= 0.3 is 0 Å². The molecule has 0 radical (unpaired) electrons. The smallest absolute Gasteiger partial charge is 0.241 e. The fraction of sp³-hybridized carbons (Fsp3) is 0.476. The van der Waals surface area contributed by atoms with E-state index in [1.165, 1.54) is 18.9 Å². The third kappa shape index (κ3) is 4.48. The molecular formula is C21H27N5O2. The Hall–Kier alpha value is -2.51. The number of nitrogens with zero attached hydrogens (tertiary/aromatic N) is 3. The van der Waals surface area contributed by atoms with Gasteiger partial charge in [-0.05, 0) is 49.5 Å². The number of rotatable bonds is 5. The van der Waals surface area contributed by atoms with Crippen LogP contribution in [0.3, 0.4) is 0 Å². The zero-order chi connectivity index (χ0) is 19.3. The van der Waals surface area contributed by atoms with Gasteiger partial charge in [0.05, 0.1) is 18.7 Å². The molecule has 1 aliphatic heterocycles. The topological polar surface area (TPSA) is 93.4 Å². The van der Waals surface area contributed by atoms with Crippen molar-refractivity contribution in [2.45, 2.75) is 37.8 Å². The van der Waals surface area contributed by atoms with Gasteiger partial charge in [-0.1, -0.05) is 6.07 Å². The van der Waals surface area contributed by atoms with Crippen LogP contribution in [0, 0.1) is 0 Å². The first kappa shape index (κ1) is 18.8. The second-order valence-corrected chi connectivity index (χ2v) is 7.53. The van der Waals surface area contributed by atoms with Gasteiger partial charge in [-0.25, -0.2) is 9.97 Å². The maximum Gasteiger partial charge on any atom is 0.241 e. The number of carbonyl (C=O) groups excluding carboxylic acids is 1. The Morgan fingerprint density at radius 2 is 1.96 bits per heavy atom. The van der Waals surface area contributed by atoms with E-state index < -0.39 is 5.91 Å². The molecule has 148 valence electrons. The Kier molecular flexibility index (Phi) is 5.83. The molecule has 2 aromatic rings. The number of anilines is 1. The Morgan fingerprint density at radius 3 is 2.71 bits per heavy atom. The molecule has 2 fully saturated rings. The van der Waals surface area contributed by atoms with Crippen LogP contribution in [-0.4, -0.2) is 59.2 Å². The van der Waals surface area contributed by atoms with Crippen molar-refractivity contribution in [1.82, 2.24) is 14.9 Å². The minimum Gasteiger partial charge on any atom is -0.379 e. The summed E-state index contributed by atoms with van der Waals surface area (Å²) < 4.78 is 5.47. The number of ether oxygens (including phenoxy) is 1. The number of morpholine rings is 1. The second kappa shape index (κ2) is 8.67. The van der Waals surface area contributed by atoms with Crippen LogP contribution in [0.25, 0.3) is 17.0 Å². The molecule has 0 unspecified atom stereocenters. The summed E-state index contributed by atoms with van der Waals surface area (Å²) in [6.45, 7) is 3.83. The molecule has 0 atom stereocenters. The van der Waals surface area contributed by atoms with Crippen LogP contribution in [-0.2, 0) is 9.53 Å². The molecule has 28 heavy (non-hydrogen) atoms. The molecule has 7 heteroatoms. The number of nitrogens with one attached hydrogen (secondary N) is 1. The first-order valence-corrected chi connectivity index (χ1v) is 9.99. The van der Waals surface area contributed by atoms with Gasteiger partial charge in [-0.2, -0.15) is 0 Å². The lowest BCUT2D eigenvalue weighted by molar-refractivity contribution is -0.113. The Bertz CT molecular complexity index is 855. The molecule has 1 saturated carbocycles. The van der Waals surface area contributed by atoms with Crippen molar-refractivity contribution >= 4 is 28.7 Å². The predicted octanol–water partition coefficient (Wildman–Crippen LogP) is 2.18. The number of nitrogens with two attached hydrogens (primary N) is 1. The second-order valence-electron chi connectivity index (χ2n) is 7.53. The average Bonchev–Trinajstić information content (AvgIpc) is 2.74. The Labute approximate surface area is 165 Å². The molecule has 2 aliphatic rings. The van der Waals surface area contributed by atoms with Crippen LogP contribution in [0.15, 0.2) is 30.6 Å². The molecule has 1 aliphatic carbocycles. The van der Waals surface area contributed by atoms with E-state index in [1.807, 2.05) is 18.2 Å². The zero-order valence-electron chi connectivity index (χ0n) is 16.0. The standard InChI is InChI=1S/C21H27N5O2/c22-20(27)8-2-15-1-7-19-18(13-15)21(24-14-23-19)25-16-3-5-17(6-4-16)26-9-11-28-12-10-26/h1-2,7-8,13-14,16-17H,3-6,9-12H2,(H2,22,27)(H,23,24,25)/b8-2+/t16-,17-. The lowest BCUT2D eigenvalue weighted by Crippen LogP contribution is -2.46. The molecule has 0 spiro atoms. The van der Waals surface area contributed by atoms with E-state index in [9.17, 15) is 4.79 Å². The van der Waals surface area contributed by atoms with Gasteiger partial charge < -0.3 is 15.8 Å². The van der Waals surface area contributed by atoms with Crippen LogP contribution < -0.4 is 11.1 Å². The third-order valence-electron chi connectivity index (χ3n) is 5.70. The summed E-state index contributed by atoms with van der Waals surface area (Å²) in [5, 5.41) is 4.59. The van der Waals surface area contributed by atoms with E-state index in [0.717, 1.165) is 61.4 Å². The van der Waals surface area contributed by atoms with Gasteiger partial charge in [-0.3, -0.25) is 9.69 Å². The number of hydrogen-bond donors (Lipinski definition) is 2. The van der Waals surface area contributed by atoms with Gasteiger partial charge in [-0.15, -0.1) is 0 Å². The molecule has 3 N–H and O–H groups in total. The molecule has 1 saturated heterocycles. The highest BCUT2D eigenvalue weighted by Gasteiger charge is 2.27. The summed E-state index contributed by atoms with van der Waals surface area (Å²) in [5.41, 5.74) is 6.99. The van der Waals surface area contributed by atoms with E-state index in [-0.39, 0.29) is 0 Å². The summed E-state index contributed by atoms with van der Waals surface area (Å²) >= 11 is 0. The highest BCUT2D eigenvalue weighted by molar-refractivity contribution is 5.93. The molecule has 2 heterocycles. The van der Waals surface area contributed by atoms with Crippen molar-refractivity contribution in [2.75, 3.05) is 31.6 Å². The van der Waals surface area contributed by atoms with Gasteiger partial charge in [0, 0.05) is 36.6 Å². The largest absolute Gasteiger partial charge is 0.379 e. The summed E-state index contributed by atoms with van der Waals surface area (Å²) in [6, 6.07) is 6.95. The van der Waals surface area contributed by atoms with Gasteiger partial charge in [0.1, 0.15) is 12.1 Å². The predicted molar refractivity (Wildman–Crippen MR) is 110 cm³/mol. The molecule has 1 aromatic heterocycles. The van der Waals surface area contributed by atoms with E-state index in [0.29, 0.717) is 12.1 Å². The van der Waals surface area contributed by atoms with Crippen LogP contribution in [0.2, 0.25) is 0 Å². The van der Waals surface area contributed by atoms with E-state index in [1.54, 1.807) is 12.4 Å². The average molecular weight is 381 g/mol. The van der Waals surface area contributed by atoms with Crippen LogP contribution >= 0.6 is 0 Å². The third-order valence-corrected chi connectivity index (χ3v) is 5.70. The van der Waals surface area contributed by atoms with Crippen molar-refractivity contribution in [3.05, 3.63) is 36.2 Å². The van der Waals surface area contributed by atoms with Crippen LogP contribution in [0.1, 0.15) is 31.2 Å². The number of primary amides is 1. The molecule has 4 rings (SSSR count). The number of aromatic nitrogens is 2. The lowest BCUT2D eigenvalue weighted by Gasteiger charge is -2.39. The van der Waals surface area contributed by atoms with Gasteiger partial charge in [0.2, 0.25) is 5.91 Å². The van der Waals surface area contributed by atoms with E-state index in [4.69, 9.17) is 10.5 Å². The first-order valence-electron chi connectivity index (χ1n) is 9.99. The number of carbonyl (C=O) groups is 1. The quantitative estimate of drug-likeness (QED) is 0.771. The first-order chi connectivity index (χ1) is 13.7. The minimum atomic E-state index is -0.459. The van der Waals surface area contributed by atoms with E-state index >= 15 is 0 Å². The molecule has 1 amide bonds. The highest BCUT2D eigenvalue weighted by atomic mass is 16.5. The Morgan fingerprint density at radius 1 is 1.18 bits per heavy atom. The number of benzene rings is 1. The normalized spacial score (nSPS) is 23.9. The summed E-state index contributed by atoms with van der Waals surface area (Å²) in [5.74, 6) is 0.397. The lowest BCUT2D eigenvalue weighted by atomic mass is 9.90. The summed E-state index contributed by atoms with van der Waals surface area (Å²) in [7, 11) is 0. The molecular weight excluding hydrogens is 354 g/mol. The molecule has 0 bridgehead atoms. The Balaban J connectivity index is 1.44. The minimum absolute atomic E-state index is 0.417. The maximum absolute atomic E-state index is 11.0. The van der Waals surface area contributed by atoms with Crippen molar-refractivity contribution < 1.29 is 9.53 Å². The summed E-state index contributed by atoms with van der Waals surface area (Å²) in [4.78, 5) is 22.4. The number of fused-ring (bicyclic) bond motifs is 1. The maximum atomic E-state index is 11.0. The van der Waals surface area contributed by atoms with Crippen molar-refractivity contribution in [3.63, 3.8) is 0 Å². The SMILES string of the molecule is NC(=O)/C=C/c1ccc2ncnc(N[C@H]3CC[C@H](N4CCOCC4)CC3)c2c1. The number of hydrogen-bond acceptors (Lipinski definition) is 6. The van der Waals surface area contributed by atoms with Crippen molar-refractivity contribution in [1.29, 1.82) is 0 Å². The van der Waals surface area contributed by atoms with Crippen molar-refractivity contribution in [3.8, 4) is 0 Å². The fourth-order valence-corrected chi connectivity index (χ4v) is 4.19. The number of amides is 1. The van der Waals surface area contributed by atoms with Gasteiger partial charge in [0.15, 0.2) is 0 Å². The fourth-order valence-electron chi connectivity index (χ4n) is 4.19. The van der Waals surface area contributed by atoms with Crippen molar-refractivity contribution in [2.24, 2.45) is 5.73 Å². The van der Waals surface area contributed by atoms with E-state index in [2.05, 4.69) is 20.2 Å². The monoisotopic (exact) mass is 381 g/mol.